The maximum Gasteiger partial charge on any atom is 0.244 e. The van der Waals surface area contributed by atoms with Gasteiger partial charge in [0.1, 0.15) is 6.54 Å². The average Bonchev–Trinajstić information content (AvgIpc) is 3.11. The second kappa shape index (κ2) is 7.84. The van der Waals surface area contributed by atoms with Crippen LogP contribution in [0.4, 0.5) is 11.4 Å². The number of benzene rings is 2. The van der Waals surface area contributed by atoms with Gasteiger partial charge in [0.15, 0.2) is 0 Å². The van der Waals surface area contributed by atoms with Crippen LogP contribution in [0.5, 0.6) is 0 Å². The number of nitrogens with one attached hydrogen (secondary N) is 1. The number of carbonyl (C=O) groups is 1. The first-order chi connectivity index (χ1) is 13.2. The molecule has 0 spiro atoms. The number of para-hydroxylation sites is 1. The quantitative estimate of drug-likeness (QED) is 0.748. The average molecular weight is 363 g/mol. The van der Waals surface area contributed by atoms with Gasteiger partial charge in [-0.1, -0.05) is 18.2 Å². The summed E-state index contributed by atoms with van der Waals surface area (Å²) < 4.78 is 7.40. The summed E-state index contributed by atoms with van der Waals surface area (Å²) in [7, 11) is 1.79. The van der Waals surface area contributed by atoms with E-state index < -0.39 is 0 Å². The summed E-state index contributed by atoms with van der Waals surface area (Å²) in [6.07, 6.45) is 4.45. The number of hydrogen-bond acceptors (Lipinski definition) is 3. The van der Waals surface area contributed by atoms with Gasteiger partial charge < -0.3 is 19.5 Å². The third-order valence-electron chi connectivity index (χ3n) is 5.29. The number of aromatic nitrogens is 1. The minimum absolute atomic E-state index is 0.0231. The minimum atomic E-state index is -0.0231. The zero-order chi connectivity index (χ0) is 18.6. The summed E-state index contributed by atoms with van der Waals surface area (Å²) in [6.45, 7) is 2.32. The van der Waals surface area contributed by atoms with E-state index in [1.807, 2.05) is 47.2 Å². The zero-order valence-corrected chi connectivity index (χ0v) is 15.6. The first-order valence-corrected chi connectivity index (χ1v) is 9.44. The van der Waals surface area contributed by atoms with Crippen LogP contribution in [-0.4, -0.2) is 36.8 Å². The van der Waals surface area contributed by atoms with Crippen molar-refractivity contribution < 1.29 is 9.53 Å². The molecule has 1 N–H and O–H groups in total. The maximum atomic E-state index is 12.4. The van der Waals surface area contributed by atoms with Gasteiger partial charge in [-0.25, -0.2) is 0 Å². The number of methoxy groups -OCH3 is 1. The van der Waals surface area contributed by atoms with E-state index in [1.54, 1.807) is 7.11 Å². The van der Waals surface area contributed by atoms with Crippen molar-refractivity contribution in [3.63, 3.8) is 0 Å². The maximum absolute atomic E-state index is 12.4. The number of nitrogens with zero attached hydrogens (tertiary/aromatic N) is 2. The van der Waals surface area contributed by atoms with Gasteiger partial charge in [-0.05, 0) is 54.6 Å². The van der Waals surface area contributed by atoms with Crippen molar-refractivity contribution in [3.05, 3.63) is 60.8 Å². The smallest absolute Gasteiger partial charge is 0.244 e. The summed E-state index contributed by atoms with van der Waals surface area (Å²) in [6, 6.07) is 18.2. The van der Waals surface area contributed by atoms with Crippen LogP contribution in [0.1, 0.15) is 12.8 Å². The van der Waals surface area contributed by atoms with Crippen molar-refractivity contribution in [2.75, 3.05) is 30.4 Å². The molecule has 5 heteroatoms. The van der Waals surface area contributed by atoms with Crippen molar-refractivity contribution in [2.24, 2.45) is 0 Å². The van der Waals surface area contributed by atoms with Crippen LogP contribution in [0.2, 0.25) is 0 Å². The summed E-state index contributed by atoms with van der Waals surface area (Å²) >= 11 is 0. The van der Waals surface area contributed by atoms with Crippen molar-refractivity contribution in [2.45, 2.75) is 25.5 Å². The molecule has 0 bridgehead atoms. The van der Waals surface area contributed by atoms with Crippen molar-refractivity contribution in [3.8, 4) is 0 Å². The fourth-order valence-corrected chi connectivity index (χ4v) is 3.74. The van der Waals surface area contributed by atoms with E-state index in [1.165, 1.54) is 5.69 Å². The highest BCUT2D eigenvalue weighted by Gasteiger charge is 2.18. The second-order valence-electron chi connectivity index (χ2n) is 7.02. The van der Waals surface area contributed by atoms with Crippen LogP contribution in [0.3, 0.4) is 0 Å². The molecule has 2 aromatic carbocycles. The molecule has 5 nitrogen and oxygen atoms in total. The lowest BCUT2D eigenvalue weighted by Gasteiger charge is -2.33. The molecule has 1 aliphatic heterocycles. The fourth-order valence-electron chi connectivity index (χ4n) is 3.74. The molecule has 1 aromatic heterocycles. The molecule has 1 saturated heterocycles. The molecule has 1 amide bonds. The van der Waals surface area contributed by atoms with Gasteiger partial charge in [0.2, 0.25) is 5.91 Å². The first-order valence-electron chi connectivity index (χ1n) is 9.44. The van der Waals surface area contributed by atoms with Crippen LogP contribution in [0, 0.1) is 0 Å². The van der Waals surface area contributed by atoms with Gasteiger partial charge in [0.05, 0.1) is 6.10 Å². The number of ether oxygens (including phenoxy) is 1. The first kappa shape index (κ1) is 17.6. The Kier molecular flexibility index (Phi) is 5.12. The molecule has 3 aromatic rings. The van der Waals surface area contributed by atoms with E-state index in [2.05, 4.69) is 28.4 Å². The third kappa shape index (κ3) is 3.98. The molecule has 0 aliphatic carbocycles. The Morgan fingerprint density at radius 3 is 2.56 bits per heavy atom. The molecular weight excluding hydrogens is 338 g/mol. The summed E-state index contributed by atoms with van der Waals surface area (Å²) in [5.74, 6) is -0.0231. The topological polar surface area (TPSA) is 46.5 Å². The van der Waals surface area contributed by atoms with Gasteiger partial charge in [0.25, 0.3) is 0 Å². The number of anilines is 2. The number of amides is 1. The Bertz CT molecular complexity index is 909. The van der Waals surface area contributed by atoms with E-state index in [4.69, 9.17) is 4.74 Å². The van der Waals surface area contributed by atoms with E-state index in [0.29, 0.717) is 12.6 Å². The molecule has 2 heterocycles. The van der Waals surface area contributed by atoms with E-state index in [-0.39, 0.29) is 5.91 Å². The Morgan fingerprint density at radius 2 is 1.81 bits per heavy atom. The molecule has 0 atom stereocenters. The summed E-state index contributed by atoms with van der Waals surface area (Å²) in [5.41, 5.74) is 3.09. The predicted octanol–water partition coefficient (Wildman–Crippen LogP) is 3.90. The predicted molar refractivity (Wildman–Crippen MR) is 109 cm³/mol. The van der Waals surface area contributed by atoms with E-state index in [0.717, 1.165) is 42.5 Å². The van der Waals surface area contributed by atoms with E-state index in [9.17, 15) is 4.79 Å². The van der Waals surface area contributed by atoms with Crippen LogP contribution < -0.4 is 10.2 Å². The zero-order valence-electron chi connectivity index (χ0n) is 15.6. The highest BCUT2D eigenvalue weighted by atomic mass is 16.5. The van der Waals surface area contributed by atoms with Crippen molar-refractivity contribution >= 4 is 28.2 Å². The number of carbonyl (C=O) groups excluding carboxylic acids is 1. The third-order valence-corrected chi connectivity index (χ3v) is 5.29. The Labute approximate surface area is 159 Å². The van der Waals surface area contributed by atoms with Gasteiger partial charge >= 0.3 is 0 Å². The SMILES string of the molecule is COC1CCN(c2ccc(NC(=O)Cn3ccc4ccccc43)cc2)CC1. The lowest BCUT2D eigenvalue weighted by atomic mass is 10.1. The lowest BCUT2D eigenvalue weighted by molar-refractivity contribution is -0.116. The normalized spacial score (nSPS) is 15.2. The van der Waals surface area contributed by atoms with Crippen molar-refractivity contribution in [1.82, 2.24) is 4.57 Å². The fraction of sp³-hybridized carbons (Fsp3) is 0.318. The van der Waals surface area contributed by atoms with Gasteiger partial charge in [-0.2, -0.15) is 0 Å². The molecule has 1 fully saturated rings. The lowest BCUT2D eigenvalue weighted by Crippen LogP contribution is -2.36. The van der Waals surface area contributed by atoms with Gasteiger partial charge in [-0.3, -0.25) is 4.79 Å². The van der Waals surface area contributed by atoms with Crippen LogP contribution in [0.25, 0.3) is 10.9 Å². The van der Waals surface area contributed by atoms with Crippen LogP contribution in [0.15, 0.2) is 60.8 Å². The summed E-state index contributed by atoms with van der Waals surface area (Å²) in [4.78, 5) is 14.8. The molecule has 1 aliphatic rings. The molecular formula is C22H25N3O2. The number of piperidine rings is 1. The molecule has 27 heavy (non-hydrogen) atoms. The van der Waals surface area contributed by atoms with E-state index >= 15 is 0 Å². The van der Waals surface area contributed by atoms with Crippen LogP contribution >= 0.6 is 0 Å². The largest absolute Gasteiger partial charge is 0.381 e. The second-order valence-corrected chi connectivity index (χ2v) is 7.02. The molecule has 0 unspecified atom stereocenters. The highest BCUT2D eigenvalue weighted by molar-refractivity contribution is 5.92. The molecule has 4 rings (SSSR count). The number of fused-ring (bicyclic) bond motifs is 1. The summed E-state index contributed by atoms with van der Waals surface area (Å²) in [5, 5.41) is 4.14. The van der Waals surface area contributed by atoms with Gasteiger partial charge in [-0.15, -0.1) is 0 Å². The Balaban J connectivity index is 1.36. The van der Waals surface area contributed by atoms with Crippen LogP contribution in [-0.2, 0) is 16.1 Å². The number of rotatable bonds is 5. The molecule has 0 saturated carbocycles. The molecule has 140 valence electrons. The highest BCUT2D eigenvalue weighted by Crippen LogP contribution is 2.23. The molecule has 0 radical (unpaired) electrons. The monoisotopic (exact) mass is 363 g/mol. The number of hydrogen-bond donors (Lipinski definition) is 1. The van der Waals surface area contributed by atoms with Gasteiger partial charge in [0, 0.05) is 43.3 Å². The minimum Gasteiger partial charge on any atom is -0.381 e. The Hall–Kier alpha value is -2.79. The Morgan fingerprint density at radius 1 is 1.07 bits per heavy atom. The standard InChI is InChI=1S/C22H25N3O2/c1-27-20-11-14-24(15-12-20)19-8-6-18(7-9-19)23-22(26)16-25-13-10-17-4-2-3-5-21(17)25/h2-10,13,20H,11-12,14-16H2,1H3,(H,23,26). The van der Waals surface area contributed by atoms with Crippen molar-refractivity contribution in [1.29, 1.82) is 0 Å².